The molecule has 8 heteroatoms. The molecule has 1 aliphatic rings. The van der Waals surface area contributed by atoms with E-state index in [0.29, 0.717) is 21.4 Å². The third kappa shape index (κ3) is 4.27. The number of halogens is 1. The van der Waals surface area contributed by atoms with E-state index in [1.54, 1.807) is 19.1 Å². The molecule has 0 aromatic heterocycles. The number of anilines is 1. The van der Waals surface area contributed by atoms with Crippen molar-refractivity contribution in [3.8, 4) is 11.5 Å². The highest BCUT2D eigenvalue weighted by Gasteiger charge is 2.35. The Labute approximate surface area is 187 Å². The Bertz CT molecular complexity index is 1060. The molecule has 150 valence electrons. The van der Waals surface area contributed by atoms with E-state index < -0.39 is 11.8 Å². The maximum absolute atomic E-state index is 13.2. The second kappa shape index (κ2) is 8.50. The van der Waals surface area contributed by atoms with Gasteiger partial charge in [0.2, 0.25) is 0 Å². The molecule has 0 aliphatic carbocycles. The molecule has 6 nitrogen and oxygen atoms in total. The number of phenols is 1. The van der Waals surface area contributed by atoms with Gasteiger partial charge in [-0.05, 0) is 96.5 Å². The largest absolute Gasteiger partial charge is 0.504 e. The van der Waals surface area contributed by atoms with Crippen LogP contribution < -0.4 is 15.0 Å². The van der Waals surface area contributed by atoms with Crippen molar-refractivity contribution >= 4 is 63.5 Å². The van der Waals surface area contributed by atoms with E-state index in [1.165, 1.54) is 11.0 Å². The van der Waals surface area contributed by atoms with Crippen molar-refractivity contribution in [1.82, 2.24) is 5.32 Å². The van der Waals surface area contributed by atoms with Crippen LogP contribution in [-0.2, 0) is 9.59 Å². The molecular formula is C21H19IN2O4S. The SMILES string of the molecule is CCOc1cc(/C=C2\C(=O)NC(=S)N(c3cc(C)ccc3C)C2=O)cc(I)c1O. The lowest BCUT2D eigenvalue weighted by molar-refractivity contribution is -0.122. The molecule has 3 rings (SSSR count). The van der Waals surface area contributed by atoms with Gasteiger partial charge in [0.1, 0.15) is 5.57 Å². The molecule has 2 amide bonds. The summed E-state index contributed by atoms with van der Waals surface area (Å²) >= 11 is 7.24. The highest BCUT2D eigenvalue weighted by atomic mass is 127. The highest BCUT2D eigenvalue weighted by molar-refractivity contribution is 14.1. The minimum atomic E-state index is -0.567. The standard InChI is InChI=1S/C21H19IN2O4S/c1-4-28-17-10-13(9-15(22)18(17)25)8-14-19(26)23-21(29)24(20(14)27)16-7-11(2)5-6-12(16)3/h5-10,25H,4H2,1-3H3,(H,23,26,29)/b14-8+. The van der Waals surface area contributed by atoms with Crippen LogP contribution in [0.2, 0.25) is 0 Å². The lowest BCUT2D eigenvalue weighted by atomic mass is 10.0. The summed E-state index contributed by atoms with van der Waals surface area (Å²) < 4.78 is 5.98. The van der Waals surface area contributed by atoms with Crippen LogP contribution in [0, 0.1) is 17.4 Å². The van der Waals surface area contributed by atoms with Gasteiger partial charge in [0, 0.05) is 0 Å². The van der Waals surface area contributed by atoms with E-state index in [9.17, 15) is 14.7 Å². The van der Waals surface area contributed by atoms with Crippen LogP contribution in [0.1, 0.15) is 23.6 Å². The number of hydrogen-bond acceptors (Lipinski definition) is 5. The van der Waals surface area contributed by atoms with Gasteiger partial charge >= 0.3 is 0 Å². The van der Waals surface area contributed by atoms with Gasteiger partial charge in [-0.15, -0.1) is 0 Å². The van der Waals surface area contributed by atoms with Crippen molar-refractivity contribution in [2.24, 2.45) is 0 Å². The second-order valence-electron chi connectivity index (χ2n) is 6.53. The minimum absolute atomic E-state index is 0.0206. The van der Waals surface area contributed by atoms with Gasteiger partial charge in [-0.2, -0.15) is 0 Å². The Kier molecular flexibility index (Phi) is 6.23. The summed E-state index contributed by atoms with van der Waals surface area (Å²) in [6, 6.07) is 8.95. The summed E-state index contributed by atoms with van der Waals surface area (Å²) in [6.45, 7) is 5.97. The summed E-state index contributed by atoms with van der Waals surface area (Å²) in [5, 5.41) is 12.8. The Balaban J connectivity index is 2.07. The van der Waals surface area contributed by atoms with Crippen LogP contribution in [0.25, 0.3) is 6.08 Å². The fourth-order valence-electron chi connectivity index (χ4n) is 2.95. The number of phenolic OH excluding ortho intramolecular Hbond substituents is 1. The molecule has 1 fully saturated rings. The monoisotopic (exact) mass is 522 g/mol. The van der Waals surface area contributed by atoms with E-state index in [1.807, 2.05) is 54.6 Å². The third-order valence-corrected chi connectivity index (χ3v) is 5.48. The second-order valence-corrected chi connectivity index (χ2v) is 8.08. The first-order valence-corrected chi connectivity index (χ1v) is 10.4. The van der Waals surface area contributed by atoms with E-state index in [2.05, 4.69) is 5.32 Å². The Morgan fingerprint density at radius 3 is 2.66 bits per heavy atom. The lowest BCUT2D eigenvalue weighted by Crippen LogP contribution is -2.54. The summed E-state index contributed by atoms with van der Waals surface area (Å²) in [6.07, 6.45) is 1.47. The molecule has 1 heterocycles. The summed E-state index contributed by atoms with van der Waals surface area (Å²) in [4.78, 5) is 27.1. The number of aryl methyl sites for hydroxylation is 2. The van der Waals surface area contributed by atoms with Crippen molar-refractivity contribution in [3.05, 3.63) is 56.2 Å². The highest BCUT2D eigenvalue weighted by Crippen LogP contribution is 2.34. The molecule has 0 unspecified atom stereocenters. The number of rotatable bonds is 4. The fourth-order valence-corrected chi connectivity index (χ4v) is 3.85. The first-order chi connectivity index (χ1) is 13.7. The molecule has 0 bridgehead atoms. The Hall–Kier alpha value is -2.46. The van der Waals surface area contributed by atoms with Gasteiger partial charge in [-0.25, -0.2) is 0 Å². The van der Waals surface area contributed by atoms with Crippen molar-refractivity contribution in [2.75, 3.05) is 11.5 Å². The zero-order valence-corrected chi connectivity index (χ0v) is 19.1. The summed E-state index contributed by atoms with van der Waals surface area (Å²) in [5.74, 6) is -0.764. The molecule has 0 saturated carbocycles. The number of nitrogens with zero attached hydrogens (tertiary/aromatic N) is 1. The number of thiocarbonyl (C=S) groups is 1. The van der Waals surface area contributed by atoms with Crippen molar-refractivity contribution in [1.29, 1.82) is 0 Å². The molecule has 29 heavy (non-hydrogen) atoms. The number of ether oxygens (including phenoxy) is 1. The molecule has 2 N–H and O–H groups in total. The zero-order valence-electron chi connectivity index (χ0n) is 16.1. The third-order valence-electron chi connectivity index (χ3n) is 4.37. The maximum atomic E-state index is 13.2. The molecule has 0 atom stereocenters. The van der Waals surface area contributed by atoms with Crippen LogP contribution >= 0.6 is 34.8 Å². The van der Waals surface area contributed by atoms with Crippen LogP contribution in [0.4, 0.5) is 5.69 Å². The number of aromatic hydroxyl groups is 1. The first-order valence-electron chi connectivity index (χ1n) is 8.87. The van der Waals surface area contributed by atoms with E-state index >= 15 is 0 Å². The Morgan fingerprint density at radius 1 is 1.24 bits per heavy atom. The van der Waals surface area contributed by atoms with Crippen molar-refractivity contribution in [2.45, 2.75) is 20.8 Å². The molecule has 0 radical (unpaired) electrons. The lowest BCUT2D eigenvalue weighted by Gasteiger charge is -2.30. The predicted molar refractivity (Wildman–Crippen MR) is 124 cm³/mol. The van der Waals surface area contributed by atoms with Gasteiger partial charge in [0.05, 0.1) is 15.9 Å². The minimum Gasteiger partial charge on any atom is -0.504 e. The quantitative estimate of drug-likeness (QED) is 0.276. The molecule has 2 aromatic carbocycles. The van der Waals surface area contributed by atoms with E-state index in [0.717, 1.165) is 11.1 Å². The topological polar surface area (TPSA) is 78.9 Å². The van der Waals surface area contributed by atoms with Crippen LogP contribution in [0.15, 0.2) is 35.9 Å². The number of carbonyl (C=O) groups is 2. The van der Waals surface area contributed by atoms with Gasteiger partial charge in [0.15, 0.2) is 16.6 Å². The van der Waals surface area contributed by atoms with E-state index in [4.69, 9.17) is 17.0 Å². The van der Waals surface area contributed by atoms with Gasteiger partial charge < -0.3 is 9.84 Å². The number of hydrogen-bond donors (Lipinski definition) is 2. The van der Waals surface area contributed by atoms with Crippen molar-refractivity contribution < 1.29 is 19.4 Å². The predicted octanol–water partition coefficient (Wildman–Crippen LogP) is 3.84. The normalized spacial score (nSPS) is 15.7. The molecular weight excluding hydrogens is 503 g/mol. The van der Waals surface area contributed by atoms with Crippen LogP contribution in [-0.4, -0.2) is 28.6 Å². The average Bonchev–Trinajstić information content (AvgIpc) is 2.65. The van der Waals surface area contributed by atoms with Crippen LogP contribution in [0.5, 0.6) is 11.5 Å². The number of benzene rings is 2. The summed E-state index contributed by atoms with van der Waals surface area (Å²) in [5.41, 5.74) is 2.96. The van der Waals surface area contributed by atoms with Gasteiger partial charge in [-0.1, -0.05) is 12.1 Å². The number of amides is 2. The smallest absolute Gasteiger partial charge is 0.270 e. The Morgan fingerprint density at radius 2 is 1.97 bits per heavy atom. The number of nitrogens with one attached hydrogen (secondary N) is 1. The molecule has 0 spiro atoms. The van der Waals surface area contributed by atoms with E-state index in [-0.39, 0.29) is 22.2 Å². The number of carbonyl (C=O) groups excluding carboxylic acids is 2. The molecule has 2 aromatic rings. The van der Waals surface area contributed by atoms with Gasteiger partial charge in [-0.3, -0.25) is 19.8 Å². The first kappa shape index (κ1) is 21.3. The fraction of sp³-hybridized carbons (Fsp3) is 0.190. The molecule has 1 saturated heterocycles. The summed E-state index contributed by atoms with van der Waals surface area (Å²) in [7, 11) is 0. The zero-order chi connectivity index (χ0) is 21.3. The van der Waals surface area contributed by atoms with Crippen molar-refractivity contribution in [3.63, 3.8) is 0 Å². The molecule has 1 aliphatic heterocycles. The average molecular weight is 522 g/mol. The van der Waals surface area contributed by atoms with Crippen LogP contribution in [0.3, 0.4) is 0 Å². The van der Waals surface area contributed by atoms with Gasteiger partial charge in [0.25, 0.3) is 11.8 Å². The maximum Gasteiger partial charge on any atom is 0.270 e.